The molecule has 3 unspecified atom stereocenters. The minimum absolute atomic E-state index is 0.0645. The lowest BCUT2D eigenvalue weighted by atomic mass is 9.91. The Morgan fingerprint density at radius 2 is 1.78 bits per heavy atom. The first-order valence-corrected chi connectivity index (χ1v) is 17.8. The number of aromatic nitrogens is 4. The van der Waals surface area contributed by atoms with E-state index in [1.807, 2.05) is 0 Å². The quantitative estimate of drug-likeness (QED) is 0.137. The molecular weight excluding hydrogens is 635 g/mol. The normalized spacial score (nSPS) is 18.5. The minimum atomic E-state index is -4.99. The summed E-state index contributed by atoms with van der Waals surface area (Å²) in [5.41, 5.74) is -2.31. The predicted molar refractivity (Wildman–Crippen MR) is 152 cm³/mol. The van der Waals surface area contributed by atoms with Crippen LogP contribution < -0.4 is 21.3 Å². The molecule has 2 aromatic heterocycles. The van der Waals surface area contributed by atoms with E-state index in [0.717, 1.165) is 12.2 Å². The molecule has 2 aromatic rings. The minimum Gasteiger partial charge on any atom is -0.378 e. The zero-order valence-electron chi connectivity index (χ0n) is 25.1. The molecule has 1 fully saturated rings. The fraction of sp³-hybridized carbons (Fsp3) is 0.654. The van der Waals surface area contributed by atoms with Gasteiger partial charge in [-0.1, -0.05) is 19.6 Å². The van der Waals surface area contributed by atoms with Gasteiger partial charge >= 0.3 is 12.4 Å². The summed E-state index contributed by atoms with van der Waals surface area (Å²) in [7, 11) is -1.44. The van der Waals surface area contributed by atoms with Gasteiger partial charge in [0.2, 0.25) is 11.9 Å². The van der Waals surface area contributed by atoms with Gasteiger partial charge in [0, 0.05) is 52.0 Å². The van der Waals surface area contributed by atoms with E-state index < -0.39 is 73.6 Å². The number of nitrogens with zero attached hydrogens (tertiary/aromatic N) is 5. The van der Waals surface area contributed by atoms with Crippen molar-refractivity contribution in [1.29, 1.82) is 0 Å². The Bertz CT molecular complexity index is 1340. The van der Waals surface area contributed by atoms with E-state index in [2.05, 4.69) is 45.5 Å². The van der Waals surface area contributed by atoms with Crippen molar-refractivity contribution in [3.05, 3.63) is 40.1 Å². The molecule has 1 aliphatic heterocycles. The van der Waals surface area contributed by atoms with E-state index in [1.165, 1.54) is 11.8 Å². The number of hydrogen-bond acceptors (Lipinski definition) is 9. The summed E-state index contributed by atoms with van der Waals surface area (Å²) in [5, 5.41) is 6.30. The SMILES string of the molecule is CC(CONC(=O)CC1CCN(c2ncc(C(F)(F)F)cn2)CC1F)Nc1cnn(COCC[Si](C)(C)C)c(=O)c1C(F)(F)F. The van der Waals surface area contributed by atoms with Crippen molar-refractivity contribution in [3.63, 3.8) is 0 Å². The second-order valence-electron chi connectivity index (χ2n) is 11.9. The number of ether oxygens (including phenoxy) is 1. The molecule has 0 radical (unpaired) electrons. The lowest BCUT2D eigenvalue weighted by Gasteiger charge is -2.34. The maximum absolute atomic E-state index is 14.8. The molecule has 1 saturated heterocycles. The first-order valence-electron chi connectivity index (χ1n) is 14.1. The van der Waals surface area contributed by atoms with Crippen molar-refractivity contribution in [3.8, 4) is 0 Å². The number of anilines is 2. The molecule has 0 saturated carbocycles. The molecule has 252 valence electrons. The highest BCUT2D eigenvalue weighted by atomic mass is 28.3. The van der Waals surface area contributed by atoms with E-state index in [-0.39, 0.29) is 45.1 Å². The number of rotatable bonds is 13. The van der Waals surface area contributed by atoms with Crippen LogP contribution in [0.15, 0.2) is 23.4 Å². The second kappa shape index (κ2) is 14.8. The standard InChI is InChI=1S/C26H36F7N7O4Si/c1-16(37-20-12-36-40(15-43-7-8-45(2,3)4)23(42)22(20)26(31,32)33)14-44-38-21(41)9-17-5-6-39(13-19(17)27)24-34-10-18(11-35-24)25(28,29)30/h10-12,16-17,19,37H,5-9,13-15H2,1-4H3,(H,38,41). The summed E-state index contributed by atoms with van der Waals surface area (Å²) in [6.07, 6.45) is -9.11. The van der Waals surface area contributed by atoms with Crippen LogP contribution in [0.3, 0.4) is 0 Å². The number of nitrogens with one attached hydrogen (secondary N) is 2. The summed E-state index contributed by atoms with van der Waals surface area (Å²) in [6, 6.07) is -0.0615. The highest BCUT2D eigenvalue weighted by Gasteiger charge is 2.39. The van der Waals surface area contributed by atoms with E-state index >= 15 is 0 Å². The third-order valence-electron chi connectivity index (χ3n) is 6.83. The van der Waals surface area contributed by atoms with Gasteiger partial charge < -0.3 is 15.0 Å². The van der Waals surface area contributed by atoms with Crippen molar-refractivity contribution in [2.75, 3.05) is 36.5 Å². The molecule has 1 aliphatic rings. The van der Waals surface area contributed by atoms with E-state index in [0.29, 0.717) is 17.1 Å². The van der Waals surface area contributed by atoms with Crippen LogP contribution in [-0.2, 0) is 33.5 Å². The predicted octanol–water partition coefficient (Wildman–Crippen LogP) is 4.49. The first kappa shape index (κ1) is 36.1. The van der Waals surface area contributed by atoms with Crippen LogP contribution in [0.4, 0.5) is 42.4 Å². The average molecular weight is 672 g/mol. The van der Waals surface area contributed by atoms with E-state index in [4.69, 9.17) is 9.57 Å². The summed E-state index contributed by atoms with van der Waals surface area (Å²) < 4.78 is 100. The molecule has 0 spiro atoms. The summed E-state index contributed by atoms with van der Waals surface area (Å²) in [6.45, 7) is 7.28. The molecule has 3 atom stereocenters. The van der Waals surface area contributed by atoms with Gasteiger partial charge in [-0.15, -0.1) is 0 Å². The highest BCUT2D eigenvalue weighted by molar-refractivity contribution is 6.76. The molecule has 3 rings (SSSR count). The van der Waals surface area contributed by atoms with Gasteiger partial charge in [0.15, 0.2) is 0 Å². The van der Waals surface area contributed by atoms with Gasteiger partial charge in [0.25, 0.3) is 5.56 Å². The third kappa shape index (κ3) is 10.9. The Kier molecular flexibility index (Phi) is 11.9. The molecule has 0 aliphatic carbocycles. The van der Waals surface area contributed by atoms with Gasteiger partial charge in [-0.05, 0) is 19.4 Å². The third-order valence-corrected chi connectivity index (χ3v) is 8.53. The van der Waals surface area contributed by atoms with Crippen LogP contribution in [0, 0.1) is 5.92 Å². The molecule has 1 amide bonds. The van der Waals surface area contributed by atoms with Crippen LogP contribution in [0.25, 0.3) is 0 Å². The molecule has 0 bridgehead atoms. The lowest BCUT2D eigenvalue weighted by molar-refractivity contribution is -0.139. The molecule has 3 heterocycles. The number of piperidine rings is 1. The van der Waals surface area contributed by atoms with Crippen LogP contribution in [-0.4, -0.2) is 72.2 Å². The summed E-state index contributed by atoms with van der Waals surface area (Å²) in [4.78, 5) is 38.7. The largest absolute Gasteiger partial charge is 0.423 e. The molecule has 2 N–H and O–H groups in total. The van der Waals surface area contributed by atoms with Gasteiger partial charge in [-0.2, -0.15) is 31.4 Å². The van der Waals surface area contributed by atoms with E-state index in [9.17, 15) is 40.3 Å². The Labute approximate surface area is 255 Å². The average Bonchev–Trinajstić information content (AvgIpc) is 2.91. The lowest BCUT2D eigenvalue weighted by Crippen LogP contribution is -2.44. The second-order valence-corrected chi connectivity index (χ2v) is 17.6. The van der Waals surface area contributed by atoms with Gasteiger partial charge in [-0.3, -0.25) is 14.4 Å². The van der Waals surface area contributed by atoms with Crippen LogP contribution in [0.5, 0.6) is 0 Å². The number of amides is 1. The Balaban J connectivity index is 1.47. The fourth-order valence-electron chi connectivity index (χ4n) is 4.32. The van der Waals surface area contributed by atoms with Gasteiger partial charge in [0.1, 0.15) is 18.5 Å². The Morgan fingerprint density at radius 3 is 2.36 bits per heavy atom. The number of halogens is 7. The first-order chi connectivity index (χ1) is 20.8. The summed E-state index contributed by atoms with van der Waals surface area (Å²) in [5.74, 6) is -1.46. The number of hydrogen-bond donors (Lipinski definition) is 2. The van der Waals surface area contributed by atoms with Gasteiger partial charge in [-0.25, -0.2) is 24.5 Å². The highest BCUT2D eigenvalue weighted by Crippen LogP contribution is 2.32. The Morgan fingerprint density at radius 1 is 1.11 bits per heavy atom. The molecular formula is C26H36F7N7O4Si. The number of carbonyl (C=O) groups is 1. The van der Waals surface area contributed by atoms with Crippen molar-refractivity contribution < 1.29 is 45.1 Å². The maximum atomic E-state index is 14.8. The number of carbonyl (C=O) groups excluding carboxylic acids is 1. The van der Waals surface area contributed by atoms with Crippen molar-refractivity contribution >= 4 is 25.6 Å². The maximum Gasteiger partial charge on any atom is 0.423 e. The topological polar surface area (TPSA) is 124 Å². The zero-order valence-corrected chi connectivity index (χ0v) is 26.1. The van der Waals surface area contributed by atoms with Crippen LogP contribution in [0.2, 0.25) is 25.7 Å². The molecule has 11 nitrogen and oxygen atoms in total. The number of hydroxylamine groups is 1. The van der Waals surface area contributed by atoms with Crippen LogP contribution in [0.1, 0.15) is 30.9 Å². The van der Waals surface area contributed by atoms with Crippen molar-refractivity contribution in [2.45, 2.75) is 76.7 Å². The zero-order chi connectivity index (χ0) is 33.6. The summed E-state index contributed by atoms with van der Waals surface area (Å²) >= 11 is 0. The Hall–Kier alpha value is -3.32. The number of alkyl halides is 7. The van der Waals surface area contributed by atoms with Crippen molar-refractivity contribution in [2.24, 2.45) is 5.92 Å². The molecule has 19 heteroatoms. The fourth-order valence-corrected chi connectivity index (χ4v) is 5.08. The van der Waals surface area contributed by atoms with Crippen molar-refractivity contribution in [1.82, 2.24) is 25.2 Å². The van der Waals surface area contributed by atoms with Crippen LogP contribution >= 0.6 is 0 Å². The van der Waals surface area contributed by atoms with E-state index in [1.54, 1.807) is 0 Å². The molecule has 0 aromatic carbocycles. The molecule has 45 heavy (non-hydrogen) atoms. The smallest absolute Gasteiger partial charge is 0.378 e. The van der Waals surface area contributed by atoms with Gasteiger partial charge in [0.05, 0.1) is 30.6 Å². The monoisotopic (exact) mass is 671 g/mol.